The molecular weight excluding hydrogens is 238 g/mol. The van der Waals surface area contributed by atoms with Gasteiger partial charge in [-0.05, 0) is 33.8 Å². The maximum Gasteiger partial charge on any atom is 0.123 e. The summed E-state index contributed by atoms with van der Waals surface area (Å²) < 4.78 is 11.1. The van der Waals surface area contributed by atoms with Crippen LogP contribution >= 0.6 is 0 Å². The first-order valence-corrected chi connectivity index (χ1v) is 7.06. The Hall–Kier alpha value is -1.06. The summed E-state index contributed by atoms with van der Waals surface area (Å²) in [6.45, 7) is 11.6. The largest absolute Gasteiger partial charge is 0.493 e. The summed E-state index contributed by atoms with van der Waals surface area (Å²) in [4.78, 5) is 0. The summed E-state index contributed by atoms with van der Waals surface area (Å²) in [5.74, 6) is 0.968. The first kappa shape index (κ1) is 16.0. The third kappa shape index (κ3) is 7.19. The van der Waals surface area contributed by atoms with Crippen LogP contribution < -0.4 is 10.1 Å². The zero-order valence-corrected chi connectivity index (χ0v) is 12.7. The van der Waals surface area contributed by atoms with Crippen LogP contribution in [0.1, 0.15) is 39.7 Å². The van der Waals surface area contributed by atoms with Crippen molar-refractivity contribution in [3.05, 3.63) is 29.8 Å². The van der Waals surface area contributed by atoms with Crippen LogP contribution in [-0.4, -0.2) is 25.4 Å². The monoisotopic (exact) mass is 265 g/mol. The van der Waals surface area contributed by atoms with Gasteiger partial charge < -0.3 is 14.8 Å². The SMILES string of the molecule is CCOCCCOc1ccccc1CNC(C)(C)C. The average molecular weight is 265 g/mol. The standard InChI is InChI=1S/C16H27NO2/c1-5-18-11-8-12-19-15-10-7-6-9-14(15)13-17-16(2,3)4/h6-7,9-10,17H,5,8,11-13H2,1-4H3. The molecule has 0 atom stereocenters. The van der Waals surface area contributed by atoms with Crippen LogP contribution in [0.3, 0.4) is 0 Å². The van der Waals surface area contributed by atoms with Gasteiger partial charge in [0.2, 0.25) is 0 Å². The fraction of sp³-hybridized carbons (Fsp3) is 0.625. The Morgan fingerprint density at radius 2 is 1.84 bits per heavy atom. The number of hydrogen-bond donors (Lipinski definition) is 1. The molecule has 0 bridgehead atoms. The molecule has 3 heteroatoms. The van der Waals surface area contributed by atoms with Gasteiger partial charge >= 0.3 is 0 Å². The Morgan fingerprint density at radius 3 is 2.53 bits per heavy atom. The maximum atomic E-state index is 5.83. The van der Waals surface area contributed by atoms with Gasteiger partial charge in [-0.25, -0.2) is 0 Å². The van der Waals surface area contributed by atoms with Crippen LogP contribution in [0.25, 0.3) is 0 Å². The molecule has 3 nitrogen and oxygen atoms in total. The fourth-order valence-corrected chi connectivity index (χ4v) is 1.64. The highest BCUT2D eigenvalue weighted by molar-refractivity contribution is 5.33. The third-order valence-electron chi connectivity index (χ3n) is 2.68. The normalized spacial score (nSPS) is 11.6. The van der Waals surface area contributed by atoms with Crippen molar-refractivity contribution < 1.29 is 9.47 Å². The second kappa shape index (κ2) is 8.18. The molecule has 0 aliphatic rings. The zero-order valence-electron chi connectivity index (χ0n) is 12.7. The highest BCUT2D eigenvalue weighted by Crippen LogP contribution is 2.18. The summed E-state index contributed by atoms with van der Waals surface area (Å²) in [6, 6.07) is 8.20. The quantitative estimate of drug-likeness (QED) is 0.731. The molecule has 108 valence electrons. The molecule has 0 saturated heterocycles. The summed E-state index contributed by atoms with van der Waals surface area (Å²) in [7, 11) is 0. The number of nitrogens with one attached hydrogen (secondary N) is 1. The van der Waals surface area contributed by atoms with Crippen LogP contribution in [0.2, 0.25) is 0 Å². The molecular formula is C16H27NO2. The molecule has 19 heavy (non-hydrogen) atoms. The molecule has 0 unspecified atom stereocenters. The summed E-state index contributed by atoms with van der Waals surface area (Å²) in [5.41, 5.74) is 1.32. The predicted octanol–water partition coefficient (Wildman–Crippen LogP) is 3.38. The molecule has 0 spiro atoms. The third-order valence-corrected chi connectivity index (χ3v) is 2.68. The van der Waals surface area contributed by atoms with E-state index in [2.05, 4.69) is 32.2 Å². The Bertz CT molecular complexity index is 358. The van der Waals surface area contributed by atoms with Crippen molar-refractivity contribution in [1.29, 1.82) is 0 Å². The molecule has 0 amide bonds. The molecule has 1 aromatic rings. The van der Waals surface area contributed by atoms with E-state index in [0.29, 0.717) is 6.61 Å². The highest BCUT2D eigenvalue weighted by atomic mass is 16.5. The summed E-state index contributed by atoms with van der Waals surface area (Å²) in [6.07, 6.45) is 0.925. The minimum Gasteiger partial charge on any atom is -0.493 e. The topological polar surface area (TPSA) is 30.5 Å². The average Bonchev–Trinajstić information content (AvgIpc) is 2.36. The smallest absolute Gasteiger partial charge is 0.123 e. The minimum atomic E-state index is 0.113. The van der Waals surface area contributed by atoms with E-state index in [1.807, 2.05) is 25.1 Å². The lowest BCUT2D eigenvalue weighted by Gasteiger charge is -2.21. The molecule has 0 heterocycles. The first-order valence-electron chi connectivity index (χ1n) is 7.06. The van der Waals surface area contributed by atoms with E-state index in [1.165, 1.54) is 5.56 Å². The van der Waals surface area contributed by atoms with Gasteiger partial charge in [0.05, 0.1) is 6.61 Å². The number of benzene rings is 1. The molecule has 1 aromatic carbocycles. The number of ether oxygens (including phenoxy) is 2. The van der Waals surface area contributed by atoms with Gasteiger partial charge in [0.1, 0.15) is 5.75 Å². The van der Waals surface area contributed by atoms with Crippen LogP contribution in [0.4, 0.5) is 0 Å². The van der Waals surface area contributed by atoms with Gasteiger partial charge in [-0.1, -0.05) is 18.2 Å². The van der Waals surface area contributed by atoms with Gasteiger partial charge in [-0.15, -0.1) is 0 Å². The second-order valence-electron chi connectivity index (χ2n) is 5.61. The molecule has 0 saturated carbocycles. The van der Waals surface area contributed by atoms with E-state index in [9.17, 15) is 0 Å². The van der Waals surface area contributed by atoms with Crippen molar-refractivity contribution in [1.82, 2.24) is 5.32 Å². The Morgan fingerprint density at radius 1 is 1.11 bits per heavy atom. The van der Waals surface area contributed by atoms with Crippen molar-refractivity contribution in [2.45, 2.75) is 46.2 Å². The number of para-hydroxylation sites is 1. The van der Waals surface area contributed by atoms with Gasteiger partial charge in [0, 0.05) is 37.3 Å². The van der Waals surface area contributed by atoms with E-state index in [1.54, 1.807) is 0 Å². The molecule has 1 rings (SSSR count). The molecule has 1 N–H and O–H groups in total. The second-order valence-corrected chi connectivity index (χ2v) is 5.61. The van der Waals surface area contributed by atoms with Crippen molar-refractivity contribution in [3.63, 3.8) is 0 Å². The van der Waals surface area contributed by atoms with Gasteiger partial charge in [-0.2, -0.15) is 0 Å². The van der Waals surface area contributed by atoms with E-state index in [-0.39, 0.29) is 5.54 Å². The number of hydrogen-bond acceptors (Lipinski definition) is 3. The van der Waals surface area contributed by atoms with Crippen LogP contribution in [0, 0.1) is 0 Å². The van der Waals surface area contributed by atoms with Gasteiger partial charge in [0.25, 0.3) is 0 Å². The first-order chi connectivity index (χ1) is 9.03. The van der Waals surface area contributed by atoms with E-state index < -0.39 is 0 Å². The lowest BCUT2D eigenvalue weighted by atomic mass is 10.1. The summed E-state index contributed by atoms with van der Waals surface area (Å²) in [5, 5.41) is 3.48. The van der Waals surface area contributed by atoms with Crippen molar-refractivity contribution in [3.8, 4) is 5.75 Å². The van der Waals surface area contributed by atoms with Crippen LogP contribution in [-0.2, 0) is 11.3 Å². The number of rotatable bonds is 8. The van der Waals surface area contributed by atoms with E-state index in [4.69, 9.17) is 9.47 Å². The van der Waals surface area contributed by atoms with Gasteiger partial charge in [-0.3, -0.25) is 0 Å². The van der Waals surface area contributed by atoms with Crippen molar-refractivity contribution >= 4 is 0 Å². The van der Waals surface area contributed by atoms with E-state index >= 15 is 0 Å². The van der Waals surface area contributed by atoms with Crippen LogP contribution in [0.15, 0.2) is 24.3 Å². The Balaban J connectivity index is 2.44. The fourth-order valence-electron chi connectivity index (χ4n) is 1.64. The molecule has 0 aromatic heterocycles. The maximum absolute atomic E-state index is 5.83. The molecule has 0 radical (unpaired) electrons. The van der Waals surface area contributed by atoms with Crippen LogP contribution in [0.5, 0.6) is 5.75 Å². The highest BCUT2D eigenvalue weighted by Gasteiger charge is 2.10. The minimum absolute atomic E-state index is 0.113. The Labute approximate surface area is 117 Å². The predicted molar refractivity (Wildman–Crippen MR) is 79.6 cm³/mol. The lowest BCUT2D eigenvalue weighted by molar-refractivity contribution is 0.130. The zero-order chi connectivity index (χ0) is 14.1. The van der Waals surface area contributed by atoms with Crippen molar-refractivity contribution in [2.24, 2.45) is 0 Å². The Kier molecular flexibility index (Phi) is 6.89. The van der Waals surface area contributed by atoms with Crippen molar-refractivity contribution in [2.75, 3.05) is 19.8 Å². The molecule has 0 fully saturated rings. The molecule has 0 aliphatic heterocycles. The lowest BCUT2D eigenvalue weighted by Crippen LogP contribution is -2.35. The van der Waals surface area contributed by atoms with E-state index in [0.717, 1.165) is 31.9 Å². The van der Waals surface area contributed by atoms with Gasteiger partial charge in [0.15, 0.2) is 0 Å². The summed E-state index contributed by atoms with van der Waals surface area (Å²) >= 11 is 0. The molecule has 0 aliphatic carbocycles.